The molecule has 4 rings (SSSR count). The number of hydrogen-bond donors (Lipinski definition) is 2. The Balaban J connectivity index is 1.36. The van der Waals surface area contributed by atoms with Gasteiger partial charge < -0.3 is 19.5 Å². The minimum absolute atomic E-state index is 0.0440. The van der Waals surface area contributed by atoms with Crippen LogP contribution in [0.4, 0.5) is 5.69 Å². The maximum atomic E-state index is 12.8. The van der Waals surface area contributed by atoms with Gasteiger partial charge in [0.05, 0.1) is 34.9 Å². The van der Waals surface area contributed by atoms with Crippen molar-refractivity contribution in [2.75, 3.05) is 11.1 Å². The molecule has 0 unspecified atom stereocenters. The average Bonchev–Trinajstić information content (AvgIpc) is 3.47. The average molecular weight is 463 g/mol. The Morgan fingerprint density at radius 2 is 1.79 bits per heavy atom. The number of furan rings is 1. The van der Waals surface area contributed by atoms with Gasteiger partial charge in [-0.1, -0.05) is 54.2 Å². The first kappa shape index (κ1) is 22.3. The Labute approximate surface area is 194 Å². The maximum absolute atomic E-state index is 12.8. The van der Waals surface area contributed by atoms with Crippen molar-refractivity contribution in [1.29, 1.82) is 0 Å². The summed E-state index contributed by atoms with van der Waals surface area (Å²) >= 11 is 1.11. The van der Waals surface area contributed by atoms with Crippen molar-refractivity contribution in [3.05, 3.63) is 83.8 Å². The number of carbonyl (C=O) groups excluding carboxylic acids is 2. The van der Waals surface area contributed by atoms with Crippen LogP contribution in [0.5, 0.6) is 0 Å². The zero-order valence-electron chi connectivity index (χ0n) is 18.1. The summed E-state index contributed by atoms with van der Waals surface area (Å²) < 4.78 is 10.8. The van der Waals surface area contributed by atoms with Gasteiger partial charge in [-0.3, -0.25) is 9.59 Å². The number of amides is 2. The van der Waals surface area contributed by atoms with Gasteiger partial charge in [-0.05, 0) is 37.6 Å². The summed E-state index contributed by atoms with van der Waals surface area (Å²) in [6.45, 7) is 3.71. The van der Waals surface area contributed by atoms with E-state index < -0.39 is 0 Å². The Kier molecular flexibility index (Phi) is 6.89. The number of nitrogens with zero attached hydrogens (tertiary/aromatic N) is 2. The van der Waals surface area contributed by atoms with Crippen LogP contribution >= 0.6 is 11.8 Å². The molecule has 8 nitrogen and oxygen atoms in total. The number of carbonyl (C=O) groups is 2. The van der Waals surface area contributed by atoms with Crippen LogP contribution in [0.25, 0.3) is 11.5 Å². The highest BCUT2D eigenvalue weighted by Crippen LogP contribution is 2.26. The van der Waals surface area contributed by atoms with Crippen molar-refractivity contribution >= 4 is 29.3 Å². The molecule has 1 atom stereocenters. The van der Waals surface area contributed by atoms with E-state index in [-0.39, 0.29) is 28.8 Å². The standard InChI is InChI=1S/C24H22N4O4S/c1-15(17-8-4-3-5-9-17)25-22(30)19-10-6-7-11-20(19)26-21(29)14-33-24-28-27-23(32-24)18-12-13-31-16(18)2/h3-13,15H,14H2,1-2H3,(H,25,30)(H,26,29)/t15-/m1/s1. The number of aryl methyl sites for hydroxylation is 1. The summed E-state index contributed by atoms with van der Waals surface area (Å²) in [5, 5.41) is 14.0. The lowest BCUT2D eigenvalue weighted by Gasteiger charge is -2.16. The molecule has 0 aliphatic rings. The van der Waals surface area contributed by atoms with Crippen LogP contribution in [0.1, 0.15) is 34.6 Å². The molecule has 2 aromatic heterocycles. The van der Waals surface area contributed by atoms with Gasteiger partial charge in [0, 0.05) is 0 Å². The number of para-hydroxylation sites is 1. The van der Waals surface area contributed by atoms with Crippen molar-refractivity contribution in [2.24, 2.45) is 0 Å². The van der Waals surface area contributed by atoms with Crippen LogP contribution in [-0.2, 0) is 4.79 Å². The zero-order chi connectivity index (χ0) is 23.2. The van der Waals surface area contributed by atoms with Crippen molar-refractivity contribution in [3.8, 4) is 11.5 Å². The molecule has 0 radical (unpaired) electrons. The van der Waals surface area contributed by atoms with Crippen LogP contribution in [0.15, 0.2) is 81.0 Å². The lowest BCUT2D eigenvalue weighted by atomic mass is 10.1. The molecule has 2 aromatic carbocycles. The van der Waals surface area contributed by atoms with E-state index in [0.29, 0.717) is 28.5 Å². The molecular formula is C24H22N4O4S. The number of anilines is 1. The van der Waals surface area contributed by atoms with Gasteiger partial charge >= 0.3 is 0 Å². The second-order valence-corrected chi connectivity index (χ2v) is 8.18. The van der Waals surface area contributed by atoms with E-state index in [1.165, 1.54) is 0 Å². The van der Waals surface area contributed by atoms with Crippen LogP contribution in [-0.4, -0.2) is 27.8 Å². The van der Waals surface area contributed by atoms with Gasteiger partial charge in [0.25, 0.3) is 17.0 Å². The quantitative estimate of drug-likeness (QED) is 0.360. The first-order valence-corrected chi connectivity index (χ1v) is 11.3. The molecule has 0 aliphatic heterocycles. The second kappa shape index (κ2) is 10.2. The monoisotopic (exact) mass is 462 g/mol. The summed E-state index contributed by atoms with van der Waals surface area (Å²) in [6, 6.07) is 18.1. The van der Waals surface area contributed by atoms with E-state index in [0.717, 1.165) is 17.3 Å². The highest BCUT2D eigenvalue weighted by molar-refractivity contribution is 7.99. The second-order valence-electron chi connectivity index (χ2n) is 7.25. The van der Waals surface area contributed by atoms with E-state index >= 15 is 0 Å². The molecule has 4 aromatic rings. The summed E-state index contributed by atoms with van der Waals surface area (Å²) in [5.41, 5.74) is 2.52. The third-order valence-corrected chi connectivity index (χ3v) is 5.73. The van der Waals surface area contributed by atoms with Gasteiger partial charge in [0.2, 0.25) is 5.91 Å². The molecule has 0 saturated carbocycles. The maximum Gasteiger partial charge on any atom is 0.277 e. The van der Waals surface area contributed by atoms with E-state index in [2.05, 4.69) is 20.8 Å². The van der Waals surface area contributed by atoms with Crippen molar-refractivity contribution < 1.29 is 18.4 Å². The van der Waals surface area contributed by atoms with Crippen molar-refractivity contribution in [2.45, 2.75) is 25.1 Å². The molecule has 2 N–H and O–H groups in total. The summed E-state index contributed by atoms with van der Waals surface area (Å²) in [5.74, 6) is 0.480. The molecule has 0 saturated heterocycles. The molecule has 0 aliphatic carbocycles. The highest BCUT2D eigenvalue weighted by atomic mass is 32.2. The first-order chi connectivity index (χ1) is 16.0. The predicted molar refractivity (Wildman–Crippen MR) is 125 cm³/mol. The van der Waals surface area contributed by atoms with E-state index in [1.807, 2.05) is 37.3 Å². The van der Waals surface area contributed by atoms with Crippen LogP contribution in [0, 0.1) is 6.92 Å². The summed E-state index contributed by atoms with van der Waals surface area (Å²) in [7, 11) is 0. The largest absolute Gasteiger partial charge is 0.469 e. The SMILES string of the molecule is Cc1occc1-c1nnc(SCC(=O)Nc2ccccc2C(=O)N[C@H](C)c2ccccc2)o1. The van der Waals surface area contributed by atoms with Crippen LogP contribution in [0.2, 0.25) is 0 Å². The lowest BCUT2D eigenvalue weighted by molar-refractivity contribution is -0.113. The zero-order valence-corrected chi connectivity index (χ0v) is 18.9. The smallest absolute Gasteiger partial charge is 0.277 e. The number of nitrogens with one attached hydrogen (secondary N) is 2. The third-order valence-electron chi connectivity index (χ3n) is 4.92. The molecule has 2 heterocycles. The van der Waals surface area contributed by atoms with Gasteiger partial charge in [-0.15, -0.1) is 10.2 Å². The number of thioether (sulfide) groups is 1. The van der Waals surface area contributed by atoms with Crippen LogP contribution in [0.3, 0.4) is 0 Å². The fourth-order valence-corrected chi connectivity index (χ4v) is 3.75. The fraction of sp³-hybridized carbons (Fsp3) is 0.167. The van der Waals surface area contributed by atoms with Crippen LogP contribution < -0.4 is 10.6 Å². The molecule has 0 fully saturated rings. The van der Waals surface area contributed by atoms with Crippen molar-refractivity contribution in [1.82, 2.24) is 15.5 Å². The Bertz CT molecular complexity index is 1250. The Morgan fingerprint density at radius 3 is 2.55 bits per heavy atom. The first-order valence-electron chi connectivity index (χ1n) is 10.3. The number of benzene rings is 2. The predicted octanol–water partition coefficient (Wildman–Crippen LogP) is 4.86. The number of hydrogen-bond acceptors (Lipinski definition) is 7. The number of rotatable bonds is 8. The Hall–Kier alpha value is -3.85. The molecular weight excluding hydrogens is 440 g/mol. The molecule has 9 heteroatoms. The molecule has 0 bridgehead atoms. The molecule has 33 heavy (non-hydrogen) atoms. The van der Waals surface area contributed by atoms with E-state index in [4.69, 9.17) is 8.83 Å². The third kappa shape index (κ3) is 5.50. The van der Waals surface area contributed by atoms with E-state index in [9.17, 15) is 9.59 Å². The fourth-order valence-electron chi connectivity index (χ4n) is 3.19. The Morgan fingerprint density at radius 1 is 1.03 bits per heavy atom. The van der Waals surface area contributed by atoms with E-state index in [1.54, 1.807) is 43.5 Å². The minimum Gasteiger partial charge on any atom is -0.469 e. The van der Waals surface area contributed by atoms with Gasteiger partial charge in [0.1, 0.15) is 5.76 Å². The topological polar surface area (TPSA) is 110 Å². The normalized spacial score (nSPS) is 11.7. The summed E-state index contributed by atoms with van der Waals surface area (Å²) in [4.78, 5) is 25.4. The van der Waals surface area contributed by atoms with Gasteiger partial charge in [0.15, 0.2) is 0 Å². The van der Waals surface area contributed by atoms with Gasteiger partial charge in [-0.25, -0.2) is 0 Å². The lowest BCUT2D eigenvalue weighted by Crippen LogP contribution is -2.28. The highest BCUT2D eigenvalue weighted by Gasteiger charge is 2.17. The molecule has 168 valence electrons. The molecule has 2 amide bonds. The van der Waals surface area contributed by atoms with Crippen molar-refractivity contribution in [3.63, 3.8) is 0 Å². The molecule has 0 spiro atoms. The minimum atomic E-state index is -0.296. The number of aromatic nitrogens is 2. The van der Waals surface area contributed by atoms with Gasteiger partial charge in [-0.2, -0.15) is 0 Å². The summed E-state index contributed by atoms with van der Waals surface area (Å²) in [6.07, 6.45) is 1.54.